The van der Waals surface area contributed by atoms with Gasteiger partial charge < -0.3 is 9.47 Å². The van der Waals surface area contributed by atoms with Crippen molar-refractivity contribution in [3.05, 3.63) is 23.8 Å². The Morgan fingerprint density at radius 1 is 1.19 bits per heavy atom. The van der Waals surface area contributed by atoms with E-state index in [4.69, 9.17) is 9.47 Å². The Balaban J connectivity index is 2.00. The van der Waals surface area contributed by atoms with Crippen LogP contribution in [0.2, 0.25) is 0 Å². The molecule has 1 aliphatic carbocycles. The first-order chi connectivity index (χ1) is 7.72. The number of fused-ring (bicyclic) bond motifs is 1. The van der Waals surface area contributed by atoms with Crippen LogP contribution in [0.5, 0.6) is 11.5 Å². The summed E-state index contributed by atoms with van der Waals surface area (Å²) in [6.45, 7) is 2.86. The fourth-order valence-electron chi connectivity index (χ4n) is 2.31. The smallest absolute Gasteiger partial charge is 0.161 e. The largest absolute Gasteiger partial charge is 0.486 e. The van der Waals surface area contributed by atoms with Crippen LogP contribution in [0, 0.1) is 0 Å². The van der Waals surface area contributed by atoms with Crippen molar-refractivity contribution in [2.45, 2.75) is 25.2 Å². The third-order valence-electron chi connectivity index (χ3n) is 3.52. The van der Waals surface area contributed by atoms with Gasteiger partial charge in [0.25, 0.3) is 0 Å². The SMILES string of the molecule is CC(=O)C1(c2ccc3c(c2)OCCO3)CC1. The average Bonchev–Trinajstić information content (AvgIpc) is 3.09. The molecular formula is C13H14O3. The summed E-state index contributed by atoms with van der Waals surface area (Å²) in [5, 5.41) is 0. The van der Waals surface area contributed by atoms with E-state index in [0.717, 1.165) is 29.9 Å². The zero-order chi connectivity index (χ0) is 11.2. The van der Waals surface area contributed by atoms with E-state index in [1.54, 1.807) is 6.92 Å². The number of ether oxygens (including phenoxy) is 2. The highest BCUT2D eigenvalue weighted by atomic mass is 16.6. The average molecular weight is 218 g/mol. The highest BCUT2D eigenvalue weighted by molar-refractivity contribution is 5.91. The zero-order valence-corrected chi connectivity index (χ0v) is 9.29. The monoisotopic (exact) mass is 218 g/mol. The van der Waals surface area contributed by atoms with E-state index in [1.165, 1.54) is 0 Å². The summed E-state index contributed by atoms with van der Waals surface area (Å²) >= 11 is 0. The molecule has 1 fully saturated rings. The highest BCUT2D eigenvalue weighted by Gasteiger charge is 2.49. The maximum Gasteiger partial charge on any atom is 0.161 e. The Morgan fingerprint density at radius 2 is 1.88 bits per heavy atom. The van der Waals surface area contributed by atoms with E-state index < -0.39 is 0 Å². The molecule has 0 unspecified atom stereocenters. The van der Waals surface area contributed by atoms with E-state index in [9.17, 15) is 4.79 Å². The standard InChI is InChI=1S/C13H14O3/c1-9(14)13(4-5-13)10-2-3-11-12(8-10)16-7-6-15-11/h2-3,8H,4-7H2,1H3. The van der Waals surface area contributed by atoms with Crippen LogP contribution in [-0.4, -0.2) is 19.0 Å². The van der Waals surface area contributed by atoms with Gasteiger partial charge in [0.05, 0.1) is 5.41 Å². The quantitative estimate of drug-likeness (QED) is 0.762. The molecule has 0 spiro atoms. The lowest BCUT2D eigenvalue weighted by Gasteiger charge is -2.20. The van der Waals surface area contributed by atoms with Crippen molar-refractivity contribution in [1.82, 2.24) is 0 Å². The van der Waals surface area contributed by atoms with E-state index in [2.05, 4.69) is 0 Å². The van der Waals surface area contributed by atoms with Crippen LogP contribution >= 0.6 is 0 Å². The number of ketones is 1. The van der Waals surface area contributed by atoms with Crippen LogP contribution in [0.3, 0.4) is 0 Å². The van der Waals surface area contributed by atoms with Crippen molar-refractivity contribution < 1.29 is 14.3 Å². The first-order valence-electron chi connectivity index (χ1n) is 5.63. The summed E-state index contributed by atoms with van der Waals surface area (Å²) in [6, 6.07) is 5.86. The highest BCUT2D eigenvalue weighted by Crippen LogP contribution is 2.50. The van der Waals surface area contributed by atoms with Crippen LogP contribution in [0.15, 0.2) is 18.2 Å². The summed E-state index contributed by atoms with van der Waals surface area (Å²) in [5.74, 6) is 1.81. The van der Waals surface area contributed by atoms with Gasteiger partial charge in [-0.2, -0.15) is 0 Å². The molecule has 0 atom stereocenters. The summed E-state index contributed by atoms with van der Waals surface area (Å²) in [6.07, 6.45) is 1.92. The number of Topliss-reactive ketones (excluding diaryl/α,β-unsaturated/α-hetero) is 1. The predicted octanol–water partition coefficient (Wildman–Crippen LogP) is 2.08. The molecule has 84 valence electrons. The van der Waals surface area contributed by atoms with Crippen molar-refractivity contribution in [3.63, 3.8) is 0 Å². The van der Waals surface area contributed by atoms with Gasteiger partial charge in [-0.05, 0) is 37.5 Å². The summed E-state index contributed by atoms with van der Waals surface area (Å²) < 4.78 is 11.0. The van der Waals surface area contributed by atoms with Crippen LogP contribution < -0.4 is 9.47 Å². The lowest BCUT2D eigenvalue weighted by atomic mass is 9.92. The van der Waals surface area contributed by atoms with Gasteiger partial charge in [0.15, 0.2) is 11.5 Å². The summed E-state index contributed by atoms with van der Waals surface area (Å²) in [4.78, 5) is 11.6. The summed E-state index contributed by atoms with van der Waals surface area (Å²) in [5.41, 5.74) is 0.847. The maximum absolute atomic E-state index is 11.6. The Labute approximate surface area is 94.4 Å². The minimum absolute atomic E-state index is 0.226. The van der Waals surface area contributed by atoms with Crippen molar-refractivity contribution in [2.75, 3.05) is 13.2 Å². The first kappa shape index (κ1) is 9.70. The van der Waals surface area contributed by atoms with Crippen LogP contribution in [0.25, 0.3) is 0 Å². The molecule has 2 aliphatic rings. The molecule has 0 radical (unpaired) electrons. The third kappa shape index (κ3) is 1.31. The van der Waals surface area contributed by atoms with Crippen molar-refractivity contribution >= 4 is 5.78 Å². The van der Waals surface area contributed by atoms with Gasteiger partial charge >= 0.3 is 0 Å². The molecule has 0 amide bonds. The Morgan fingerprint density at radius 3 is 2.50 bits per heavy atom. The summed E-state index contributed by atoms with van der Waals surface area (Å²) in [7, 11) is 0. The van der Waals surface area contributed by atoms with Crippen LogP contribution in [0.1, 0.15) is 25.3 Å². The molecule has 3 nitrogen and oxygen atoms in total. The Kier molecular flexibility index (Phi) is 1.96. The molecule has 1 saturated carbocycles. The molecule has 0 bridgehead atoms. The number of hydrogen-bond donors (Lipinski definition) is 0. The van der Waals surface area contributed by atoms with Gasteiger partial charge in [-0.25, -0.2) is 0 Å². The Bertz CT molecular complexity index is 446. The van der Waals surface area contributed by atoms with Crippen LogP contribution in [-0.2, 0) is 10.2 Å². The second kappa shape index (κ2) is 3.24. The fourth-order valence-corrected chi connectivity index (χ4v) is 2.31. The van der Waals surface area contributed by atoms with Gasteiger partial charge in [0.1, 0.15) is 19.0 Å². The van der Waals surface area contributed by atoms with Gasteiger partial charge in [0.2, 0.25) is 0 Å². The van der Waals surface area contributed by atoms with E-state index in [1.807, 2.05) is 18.2 Å². The van der Waals surface area contributed by atoms with Gasteiger partial charge in [-0.1, -0.05) is 6.07 Å². The number of rotatable bonds is 2. The number of hydrogen-bond acceptors (Lipinski definition) is 3. The maximum atomic E-state index is 11.6. The van der Waals surface area contributed by atoms with E-state index in [0.29, 0.717) is 13.2 Å². The molecule has 1 heterocycles. The van der Waals surface area contributed by atoms with Crippen molar-refractivity contribution in [3.8, 4) is 11.5 Å². The molecule has 0 N–H and O–H groups in total. The third-order valence-corrected chi connectivity index (χ3v) is 3.52. The Hall–Kier alpha value is -1.51. The van der Waals surface area contributed by atoms with Crippen molar-refractivity contribution in [2.24, 2.45) is 0 Å². The normalized spacial score (nSPS) is 20.3. The number of carbonyl (C=O) groups excluding carboxylic acids is 1. The second-order valence-electron chi connectivity index (χ2n) is 4.50. The molecular weight excluding hydrogens is 204 g/mol. The molecule has 3 rings (SSSR count). The van der Waals surface area contributed by atoms with Crippen molar-refractivity contribution in [1.29, 1.82) is 0 Å². The molecule has 1 aromatic carbocycles. The molecule has 1 aliphatic heterocycles. The lowest BCUT2D eigenvalue weighted by Crippen LogP contribution is -2.19. The van der Waals surface area contributed by atoms with E-state index >= 15 is 0 Å². The number of carbonyl (C=O) groups is 1. The molecule has 16 heavy (non-hydrogen) atoms. The molecule has 0 saturated heterocycles. The van der Waals surface area contributed by atoms with Gasteiger partial charge in [-0.3, -0.25) is 4.79 Å². The second-order valence-corrected chi connectivity index (χ2v) is 4.50. The predicted molar refractivity (Wildman–Crippen MR) is 59.0 cm³/mol. The topological polar surface area (TPSA) is 35.5 Å². The number of benzene rings is 1. The van der Waals surface area contributed by atoms with E-state index in [-0.39, 0.29) is 11.2 Å². The minimum Gasteiger partial charge on any atom is -0.486 e. The van der Waals surface area contributed by atoms with Gasteiger partial charge in [0, 0.05) is 0 Å². The van der Waals surface area contributed by atoms with Crippen LogP contribution in [0.4, 0.5) is 0 Å². The zero-order valence-electron chi connectivity index (χ0n) is 9.29. The van der Waals surface area contributed by atoms with Gasteiger partial charge in [-0.15, -0.1) is 0 Å². The molecule has 0 aromatic heterocycles. The minimum atomic E-state index is -0.226. The fraction of sp³-hybridized carbons (Fsp3) is 0.462. The molecule has 1 aromatic rings. The first-order valence-corrected chi connectivity index (χ1v) is 5.63. The lowest BCUT2D eigenvalue weighted by molar-refractivity contribution is -0.119. The molecule has 3 heteroatoms.